The normalized spacial score (nSPS) is 19.9. The van der Waals surface area contributed by atoms with Gasteiger partial charge in [0, 0.05) is 16.9 Å². The molecule has 1 aliphatic rings. The predicted molar refractivity (Wildman–Crippen MR) is 61.2 cm³/mol. The van der Waals surface area contributed by atoms with E-state index in [1.54, 1.807) is 0 Å². The summed E-state index contributed by atoms with van der Waals surface area (Å²) in [4.78, 5) is 12.3. The number of Topliss-reactive ketones (excluding diaryl/α,β-unsaturated/α-hetero) is 1. The molecule has 0 atom stereocenters. The smallest absolute Gasteiger partial charge is 0.160 e. The fourth-order valence-corrected chi connectivity index (χ4v) is 2.12. The van der Waals surface area contributed by atoms with Gasteiger partial charge in [-0.15, -0.1) is 12.6 Å². The minimum absolute atomic E-state index is 0.263. The van der Waals surface area contributed by atoms with Crippen LogP contribution < -0.4 is 0 Å². The molecule has 2 rings (SSSR count). The number of rotatable bonds is 1. The summed E-state index contributed by atoms with van der Waals surface area (Å²) >= 11 is 4.43. The molecule has 14 heavy (non-hydrogen) atoms. The number of hydrogen-bond acceptors (Lipinski definition) is 2. The molecule has 0 heterocycles. The fourth-order valence-electron chi connectivity index (χ4n) is 1.74. The zero-order valence-corrected chi connectivity index (χ0v) is 8.76. The number of hydrogen-bond donors (Lipinski definition) is 1. The molecule has 0 spiro atoms. The molecule has 1 saturated carbocycles. The summed E-state index contributed by atoms with van der Waals surface area (Å²) in [6.07, 6.45) is 2.55. The van der Waals surface area contributed by atoms with Crippen LogP contribution in [0.25, 0.3) is 4.91 Å². The van der Waals surface area contributed by atoms with Crippen LogP contribution in [-0.4, -0.2) is 5.78 Å². The van der Waals surface area contributed by atoms with Crippen LogP contribution in [0.2, 0.25) is 0 Å². The lowest BCUT2D eigenvalue weighted by molar-refractivity contribution is -0.114. The first-order valence-electron chi connectivity index (χ1n) is 4.80. The Balaban J connectivity index is 2.40. The van der Waals surface area contributed by atoms with Crippen molar-refractivity contribution in [1.82, 2.24) is 0 Å². The summed E-state index contributed by atoms with van der Waals surface area (Å²) in [5.74, 6) is 0.263. The van der Waals surface area contributed by atoms with E-state index in [9.17, 15) is 4.79 Å². The molecule has 1 aromatic rings. The third-order valence-corrected chi connectivity index (χ3v) is 3.03. The first kappa shape index (κ1) is 9.53. The van der Waals surface area contributed by atoms with Crippen LogP contribution in [0.4, 0.5) is 0 Å². The van der Waals surface area contributed by atoms with Crippen LogP contribution in [0, 0.1) is 0 Å². The Labute approximate surface area is 89.2 Å². The molecule has 1 nitrogen and oxygen atoms in total. The Morgan fingerprint density at radius 3 is 2.43 bits per heavy atom. The molecule has 1 fully saturated rings. The zero-order chi connectivity index (χ0) is 9.97. The van der Waals surface area contributed by atoms with Crippen LogP contribution in [-0.2, 0) is 4.79 Å². The molecule has 2 heteroatoms. The van der Waals surface area contributed by atoms with Gasteiger partial charge < -0.3 is 0 Å². The number of carbonyl (C=O) groups excluding carboxylic acids is 1. The summed E-state index contributed by atoms with van der Waals surface area (Å²) in [7, 11) is 0. The highest BCUT2D eigenvalue weighted by Crippen LogP contribution is 2.31. The van der Waals surface area contributed by atoms with Crippen molar-refractivity contribution in [1.29, 1.82) is 0 Å². The van der Waals surface area contributed by atoms with E-state index in [1.165, 1.54) is 0 Å². The van der Waals surface area contributed by atoms with Crippen molar-refractivity contribution in [3.8, 4) is 0 Å². The van der Waals surface area contributed by atoms with E-state index in [1.807, 2.05) is 30.3 Å². The molecule has 0 radical (unpaired) electrons. The van der Waals surface area contributed by atoms with Crippen molar-refractivity contribution >= 4 is 23.3 Å². The molecule has 0 unspecified atom stereocenters. The number of ketones is 1. The Morgan fingerprint density at radius 2 is 1.86 bits per heavy atom. The van der Waals surface area contributed by atoms with Gasteiger partial charge >= 0.3 is 0 Å². The minimum Gasteiger partial charge on any atom is -0.295 e. The number of thiol groups is 1. The average molecular weight is 204 g/mol. The Bertz CT molecular complexity index is 379. The zero-order valence-electron chi connectivity index (χ0n) is 7.86. The van der Waals surface area contributed by atoms with Gasteiger partial charge in [0.05, 0.1) is 0 Å². The third kappa shape index (κ3) is 1.75. The molecule has 0 N–H and O–H groups in total. The largest absolute Gasteiger partial charge is 0.295 e. The highest BCUT2D eigenvalue weighted by Gasteiger charge is 2.20. The van der Waals surface area contributed by atoms with E-state index < -0.39 is 0 Å². The lowest BCUT2D eigenvalue weighted by Crippen LogP contribution is -1.93. The average Bonchev–Trinajstić information content (AvgIpc) is 2.65. The minimum atomic E-state index is 0.263. The lowest BCUT2D eigenvalue weighted by atomic mass is 10.1. The first-order chi connectivity index (χ1) is 6.79. The number of benzene rings is 1. The van der Waals surface area contributed by atoms with Crippen molar-refractivity contribution < 1.29 is 4.79 Å². The highest BCUT2D eigenvalue weighted by molar-refractivity contribution is 7.90. The van der Waals surface area contributed by atoms with Crippen molar-refractivity contribution in [2.75, 3.05) is 0 Å². The molecule has 1 aliphatic carbocycles. The van der Waals surface area contributed by atoms with Crippen LogP contribution in [0.5, 0.6) is 0 Å². The van der Waals surface area contributed by atoms with Gasteiger partial charge in [-0.05, 0) is 18.4 Å². The third-order valence-electron chi connectivity index (χ3n) is 2.50. The van der Waals surface area contributed by atoms with Crippen molar-refractivity contribution in [2.24, 2.45) is 0 Å². The second-order valence-electron chi connectivity index (χ2n) is 3.47. The lowest BCUT2D eigenvalue weighted by Gasteiger charge is -2.03. The second-order valence-corrected chi connectivity index (χ2v) is 3.92. The standard InChI is InChI=1S/C12H12OS/c13-11-8-4-7-10(11)12(14)9-5-2-1-3-6-9/h1-3,5-6,14H,4,7-8H2/b12-10+. The quantitative estimate of drug-likeness (QED) is 0.549. The summed E-state index contributed by atoms with van der Waals surface area (Å²) in [6.45, 7) is 0. The maximum Gasteiger partial charge on any atom is 0.160 e. The Morgan fingerprint density at radius 1 is 1.14 bits per heavy atom. The summed E-state index contributed by atoms with van der Waals surface area (Å²) < 4.78 is 0. The SMILES string of the molecule is O=C1CCC/C1=C(\S)c1ccccc1. The van der Waals surface area contributed by atoms with E-state index in [-0.39, 0.29) is 5.78 Å². The molecule has 0 bridgehead atoms. The highest BCUT2D eigenvalue weighted by atomic mass is 32.1. The van der Waals surface area contributed by atoms with E-state index in [0.717, 1.165) is 28.9 Å². The van der Waals surface area contributed by atoms with Gasteiger partial charge in [0.25, 0.3) is 0 Å². The van der Waals surface area contributed by atoms with Crippen molar-refractivity contribution in [2.45, 2.75) is 19.3 Å². The van der Waals surface area contributed by atoms with Gasteiger partial charge in [-0.1, -0.05) is 30.3 Å². The maximum absolute atomic E-state index is 11.5. The number of carbonyl (C=O) groups is 1. The second kappa shape index (κ2) is 4.01. The van der Waals surface area contributed by atoms with Crippen LogP contribution in [0.1, 0.15) is 24.8 Å². The van der Waals surface area contributed by atoms with Gasteiger partial charge in [0.15, 0.2) is 5.78 Å². The Hall–Kier alpha value is -1.02. The van der Waals surface area contributed by atoms with Gasteiger partial charge in [0.2, 0.25) is 0 Å². The monoisotopic (exact) mass is 204 g/mol. The van der Waals surface area contributed by atoms with E-state index in [0.29, 0.717) is 6.42 Å². The van der Waals surface area contributed by atoms with Crippen LogP contribution in [0.3, 0.4) is 0 Å². The fraction of sp³-hybridized carbons (Fsp3) is 0.250. The number of allylic oxidation sites excluding steroid dienone is 1. The van der Waals surface area contributed by atoms with Gasteiger partial charge in [-0.2, -0.15) is 0 Å². The van der Waals surface area contributed by atoms with Gasteiger partial charge in [0.1, 0.15) is 0 Å². The first-order valence-corrected chi connectivity index (χ1v) is 5.24. The molecular weight excluding hydrogens is 192 g/mol. The molecule has 0 aromatic heterocycles. The summed E-state index contributed by atoms with van der Waals surface area (Å²) in [5, 5.41) is 0. The van der Waals surface area contributed by atoms with E-state index >= 15 is 0 Å². The van der Waals surface area contributed by atoms with Crippen LogP contribution >= 0.6 is 12.6 Å². The molecular formula is C12H12OS. The summed E-state index contributed by atoms with van der Waals surface area (Å²) in [6, 6.07) is 9.87. The molecule has 0 saturated heterocycles. The Kier molecular flexibility index (Phi) is 2.73. The van der Waals surface area contributed by atoms with Crippen LogP contribution in [0.15, 0.2) is 35.9 Å². The topological polar surface area (TPSA) is 17.1 Å². The molecule has 0 aliphatic heterocycles. The van der Waals surface area contributed by atoms with Crippen molar-refractivity contribution in [3.63, 3.8) is 0 Å². The van der Waals surface area contributed by atoms with Crippen molar-refractivity contribution in [3.05, 3.63) is 41.5 Å². The van der Waals surface area contributed by atoms with E-state index in [4.69, 9.17) is 0 Å². The maximum atomic E-state index is 11.5. The molecule has 1 aromatic carbocycles. The summed E-state index contributed by atoms with van der Waals surface area (Å²) in [5.41, 5.74) is 1.95. The van der Waals surface area contributed by atoms with Gasteiger partial charge in [-0.3, -0.25) is 4.79 Å². The predicted octanol–water partition coefficient (Wildman–Crippen LogP) is 3.08. The van der Waals surface area contributed by atoms with Gasteiger partial charge in [-0.25, -0.2) is 0 Å². The van der Waals surface area contributed by atoms with E-state index in [2.05, 4.69) is 12.6 Å². The molecule has 72 valence electrons. The molecule has 0 amide bonds.